The van der Waals surface area contributed by atoms with Crippen LogP contribution >= 0.6 is 11.6 Å². The Labute approximate surface area is 111 Å². The van der Waals surface area contributed by atoms with E-state index in [2.05, 4.69) is 12.1 Å². The lowest BCUT2D eigenvalue weighted by molar-refractivity contribution is 0.289. The summed E-state index contributed by atoms with van der Waals surface area (Å²) in [7, 11) is 0. The number of nitrogens with two attached hydrogens (primary N) is 1. The van der Waals surface area contributed by atoms with Gasteiger partial charge < -0.3 is 10.5 Å². The van der Waals surface area contributed by atoms with Gasteiger partial charge in [0.25, 0.3) is 0 Å². The maximum Gasteiger partial charge on any atom is 0.130 e. The van der Waals surface area contributed by atoms with Crippen LogP contribution < -0.4 is 10.5 Å². The van der Waals surface area contributed by atoms with Gasteiger partial charge in [0, 0.05) is 16.8 Å². The van der Waals surface area contributed by atoms with E-state index >= 15 is 0 Å². The second-order valence-corrected chi connectivity index (χ2v) is 4.89. The lowest BCUT2D eigenvalue weighted by Crippen LogP contribution is -2.09. The number of anilines is 1. The predicted octanol–water partition coefficient (Wildman–Crippen LogP) is 3.91. The molecule has 0 radical (unpaired) electrons. The smallest absolute Gasteiger partial charge is 0.130 e. The Hall–Kier alpha value is -1.67. The molecule has 0 fully saturated rings. The number of para-hydroxylation sites is 1. The molecule has 0 unspecified atom stereocenters. The van der Waals surface area contributed by atoms with Gasteiger partial charge in [-0.3, -0.25) is 0 Å². The summed E-state index contributed by atoms with van der Waals surface area (Å²) in [5, 5.41) is 0.664. The van der Waals surface area contributed by atoms with E-state index < -0.39 is 0 Å². The molecule has 2 N–H and O–H groups in total. The summed E-state index contributed by atoms with van der Waals surface area (Å²) in [6.45, 7) is 0.774. The SMILES string of the molecule is Nc1ccc(-c2cccc3c2OCCC3)c(Cl)c1. The Morgan fingerprint density at radius 1 is 1.11 bits per heavy atom. The highest BCUT2D eigenvalue weighted by molar-refractivity contribution is 6.33. The molecule has 0 saturated heterocycles. The number of benzene rings is 2. The molecule has 0 amide bonds. The number of ether oxygens (including phenoxy) is 1. The third-order valence-corrected chi connectivity index (χ3v) is 3.53. The van der Waals surface area contributed by atoms with E-state index in [4.69, 9.17) is 22.1 Å². The van der Waals surface area contributed by atoms with Crippen LogP contribution in [0.5, 0.6) is 5.75 Å². The first-order valence-corrected chi connectivity index (χ1v) is 6.43. The van der Waals surface area contributed by atoms with Crippen molar-refractivity contribution >= 4 is 17.3 Å². The predicted molar refractivity (Wildman–Crippen MR) is 75.1 cm³/mol. The molecule has 2 aromatic rings. The summed E-state index contributed by atoms with van der Waals surface area (Å²) < 4.78 is 5.80. The maximum atomic E-state index is 6.27. The van der Waals surface area contributed by atoms with Crippen LogP contribution in [0, 0.1) is 0 Å². The van der Waals surface area contributed by atoms with Crippen LogP contribution in [0.15, 0.2) is 36.4 Å². The minimum absolute atomic E-state index is 0.664. The van der Waals surface area contributed by atoms with E-state index in [-0.39, 0.29) is 0 Å². The molecule has 0 atom stereocenters. The van der Waals surface area contributed by atoms with Gasteiger partial charge in [-0.05, 0) is 30.5 Å². The first-order valence-electron chi connectivity index (χ1n) is 6.06. The summed E-state index contributed by atoms with van der Waals surface area (Å²) in [4.78, 5) is 0. The standard InChI is InChI=1S/C15H14ClNO/c16-14-9-11(17)6-7-12(14)13-5-1-3-10-4-2-8-18-15(10)13/h1,3,5-7,9H,2,4,8,17H2. The fraction of sp³-hybridized carbons (Fsp3) is 0.200. The molecule has 2 aromatic carbocycles. The average molecular weight is 260 g/mol. The van der Waals surface area contributed by atoms with Gasteiger partial charge in [-0.1, -0.05) is 35.9 Å². The summed E-state index contributed by atoms with van der Waals surface area (Å²) in [5.74, 6) is 0.968. The minimum atomic E-state index is 0.664. The van der Waals surface area contributed by atoms with Crippen molar-refractivity contribution in [1.29, 1.82) is 0 Å². The Bertz CT molecular complexity index is 595. The van der Waals surface area contributed by atoms with Crippen LogP contribution in [0.1, 0.15) is 12.0 Å². The summed E-state index contributed by atoms with van der Waals surface area (Å²) in [5.41, 5.74) is 9.69. The molecule has 2 nitrogen and oxygen atoms in total. The van der Waals surface area contributed by atoms with Crippen molar-refractivity contribution in [3.63, 3.8) is 0 Å². The molecule has 3 rings (SSSR count). The van der Waals surface area contributed by atoms with Crippen LogP contribution in [-0.4, -0.2) is 6.61 Å². The summed E-state index contributed by atoms with van der Waals surface area (Å²) in [6, 6.07) is 11.8. The number of aryl methyl sites for hydroxylation is 1. The highest BCUT2D eigenvalue weighted by Crippen LogP contribution is 2.39. The molecule has 0 bridgehead atoms. The third kappa shape index (κ3) is 1.93. The highest BCUT2D eigenvalue weighted by Gasteiger charge is 2.16. The zero-order chi connectivity index (χ0) is 12.5. The molecule has 1 heterocycles. The monoisotopic (exact) mass is 259 g/mol. The second kappa shape index (κ2) is 4.54. The van der Waals surface area contributed by atoms with Gasteiger partial charge >= 0.3 is 0 Å². The molecule has 92 valence electrons. The van der Waals surface area contributed by atoms with Crippen LogP contribution in [0.25, 0.3) is 11.1 Å². The first kappa shape index (κ1) is 11.4. The molecule has 0 aliphatic carbocycles. The van der Waals surface area contributed by atoms with Gasteiger partial charge in [-0.15, -0.1) is 0 Å². The van der Waals surface area contributed by atoms with Gasteiger partial charge in [0.15, 0.2) is 0 Å². The lowest BCUT2D eigenvalue weighted by Gasteiger charge is -2.20. The second-order valence-electron chi connectivity index (χ2n) is 4.49. The molecule has 1 aliphatic rings. The van der Waals surface area contributed by atoms with Gasteiger partial charge in [0.05, 0.1) is 11.6 Å². The summed E-state index contributed by atoms with van der Waals surface area (Å²) in [6.07, 6.45) is 2.14. The lowest BCUT2D eigenvalue weighted by atomic mass is 9.97. The Balaban J connectivity index is 2.17. The van der Waals surface area contributed by atoms with Crippen LogP contribution in [-0.2, 0) is 6.42 Å². The molecule has 18 heavy (non-hydrogen) atoms. The molecule has 1 aliphatic heterocycles. The van der Waals surface area contributed by atoms with E-state index in [1.54, 1.807) is 6.07 Å². The average Bonchev–Trinajstić information content (AvgIpc) is 2.38. The Kier molecular flexibility index (Phi) is 2.88. The molecule has 0 aromatic heterocycles. The van der Waals surface area contributed by atoms with E-state index in [0.29, 0.717) is 10.7 Å². The van der Waals surface area contributed by atoms with Crippen molar-refractivity contribution in [1.82, 2.24) is 0 Å². The van der Waals surface area contributed by atoms with Gasteiger partial charge in [-0.25, -0.2) is 0 Å². The molecular weight excluding hydrogens is 246 g/mol. The molecule has 0 spiro atoms. The number of halogens is 1. The number of rotatable bonds is 1. The Morgan fingerprint density at radius 2 is 2.00 bits per heavy atom. The van der Waals surface area contributed by atoms with Gasteiger partial charge in [0.1, 0.15) is 5.75 Å². The van der Waals surface area contributed by atoms with E-state index in [0.717, 1.165) is 36.3 Å². The van der Waals surface area contributed by atoms with E-state index in [1.807, 2.05) is 18.2 Å². The van der Waals surface area contributed by atoms with Crippen molar-refractivity contribution < 1.29 is 4.74 Å². The zero-order valence-electron chi connectivity index (χ0n) is 9.95. The number of fused-ring (bicyclic) bond motifs is 1. The summed E-state index contributed by atoms with van der Waals surface area (Å²) >= 11 is 6.27. The van der Waals surface area contributed by atoms with E-state index in [1.165, 1.54) is 5.56 Å². The van der Waals surface area contributed by atoms with Crippen molar-refractivity contribution in [2.24, 2.45) is 0 Å². The van der Waals surface area contributed by atoms with Gasteiger partial charge in [0.2, 0.25) is 0 Å². The fourth-order valence-electron chi connectivity index (χ4n) is 2.35. The van der Waals surface area contributed by atoms with E-state index in [9.17, 15) is 0 Å². The number of hydrogen-bond acceptors (Lipinski definition) is 2. The third-order valence-electron chi connectivity index (χ3n) is 3.22. The fourth-order valence-corrected chi connectivity index (χ4v) is 2.64. The maximum absolute atomic E-state index is 6.27. The molecular formula is C15H14ClNO. The highest BCUT2D eigenvalue weighted by atomic mass is 35.5. The number of nitrogen functional groups attached to an aromatic ring is 1. The number of hydrogen-bond donors (Lipinski definition) is 1. The largest absolute Gasteiger partial charge is 0.493 e. The van der Waals surface area contributed by atoms with Crippen molar-refractivity contribution in [2.75, 3.05) is 12.3 Å². The minimum Gasteiger partial charge on any atom is -0.493 e. The quantitative estimate of drug-likeness (QED) is 0.788. The van der Waals surface area contributed by atoms with Crippen LogP contribution in [0.3, 0.4) is 0 Å². The Morgan fingerprint density at radius 3 is 2.83 bits per heavy atom. The van der Waals surface area contributed by atoms with Crippen molar-refractivity contribution in [3.05, 3.63) is 47.0 Å². The van der Waals surface area contributed by atoms with Gasteiger partial charge in [-0.2, -0.15) is 0 Å². The topological polar surface area (TPSA) is 35.2 Å². The molecule has 3 heteroatoms. The van der Waals surface area contributed by atoms with Crippen molar-refractivity contribution in [2.45, 2.75) is 12.8 Å². The van der Waals surface area contributed by atoms with Crippen molar-refractivity contribution in [3.8, 4) is 16.9 Å². The van der Waals surface area contributed by atoms with Crippen LogP contribution in [0.4, 0.5) is 5.69 Å². The molecule has 0 saturated carbocycles. The normalized spacial score (nSPS) is 13.8. The van der Waals surface area contributed by atoms with Crippen LogP contribution in [0.2, 0.25) is 5.02 Å². The first-order chi connectivity index (χ1) is 8.75. The zero-order valence-corrected chi connectivity index (χ0v) is 10.7.